The Hall–Kier alpha value is -2.63. The minimum atomic E-state index is -0.255. The van der Waals surface area contributed by atoms with Gasteiger partial charge in [-0.15, -0.1) is 0 Å². The van der Waals surface area contributed by atoms with E-state index in [0.717, 1.165) is 31.2 Å². The Morgan fingerprint density at radius 2 is 1.81 bits per heavy atom. The minimum absolute atomic E-state index is 0.00899. The zero-order valence-corrected chi connectivity index (χ0v) is 14.5. The van der Waals surface area contributed by atoms with E-state index in [0.29, 0.717) is 18.5 Å². The molecule has 6 heteroatoms. The minimum Gasteiger partial charge on any atom is -0.472 e. The molecule has 138 valence electrons. The second-order valence-electron chi connectivity index (χ2n) is 6.70. The average Bonchev–Trinajstić information content (AvgIpc) is 3.19. The topological polar surface area (TPSA) is 71.3 Å². The molecule has 2 aromatic rings. The van der Waals surface area contributed by atoms with Crippen LogP contribution in [0.15, 0.2) is 47.3 Å². The molecule has 1 saturated carbocycles. The molecule has 5 nitrogen and oxygen atoms in total. The van der Waals surface area contributed by atoms with Crippen LogP contribution >= 0.6 is 0 Å². The highest BCUT2D eigenvalue weighted by Crippen LogP contribution is 2.24. The van der Waals surface area contributed by atoms with Crippen molar-refractivity contribution in [2.75, 3.05) is 6.54 Å². The number of hydrogen-bond acceptors (Lipinski definition) is 3. The lowest BCUT2D eigenvalue weighted by Crippen LogP contribution is -2.41. The summed E-state index contributed by atoms with van der Waals surface area (Å²) in [6, 6.07) is 8.05. The maximum Gasteiger partial charge on any atom is 0.254 e. The monoisotopic (exact) mass is 358 g/mol. The first-order valence-corrected chi connectivity index (χ1v) is 8.97. The van der Waals surface area contributed by atoms with Crippen molar-refractivity contribution in [3.63, 3.8) is 0 Å². The summed E-state index contributed by atoms with van der Waals surface area (Å²) in [5.74, 6) is -0.336. The van der Waals surface area contributed by atoms with E-state index >= 15 is 0 Å². The summed E-state index contributed by atoms with van der Waals surface area (Å²) < 4.78 is 17.8. The fourth-order valence-electron chi connectivity index (χ4n) is 3.29. The van der Waals surface area contributed by atoms with Crippen molar-refractivity contribution in [2.24, 2.45) is 5.92 Å². The predicted molar refractivity (Wildman–Crippen MR) is 95.0 cm³/mol. The highest BCUT2D eigenvalue weighted by molar-refractivity contribution is 5.94. The third-order valence-electron chi connectivity index (χ3n) is 4.84. The molecule has 0 saturated heterocycles. The lowest BCUT2D eigenvalue weighted by Gasteiger charge is -2.28. The van der Waals surface area contributed by atoms with E-state index in [4.69, 9.17) is 4.42 Å². The number of rotatable bonds is 6. The highest BCUT2D eigenvalue weighted by Gasteiger charge is 2.27. The van der Waals surface area contributed by atoms with Gasteiger partial charge in [-0.25, -0.2) is 4.39 Å². The summed E-state index contributed by atoms with van der Waals surface area (Å²) in [5.41, 5.74) is 1.52. The van der Waals surface area contributed by atoms with Crippen molar-refractivity contribution in [2.45, 2.75) is 38.1 Å². The SMILES string of the molecule is O=C(NC1CCC(C(=O)NCCc2ccc(F)cc2)CC1)c1ccoc1. The van der Waals surface area contributed by atoms with Crippen LogP contribution in [0.25, 0.3) is 0 Å². The Kier molecular flexibility index (Phi) is 6.04. The van der Waals surface area contributed by atoms with E-state index in [1.54, 1.807) is 18.2 Å². The van der Waals surface area contributed by atoms with Crippen molar-refractivity contribution in [3.8, 4) is 0 Å². The van der Waals surface area contributed by atoms with E-state index in [1.165, 1.54) is 24.7 Å². The van der Waals surface area contributed by atoms with Crippen LogP contribution in [-0.4, -0.2) is 24.4 Å². The maximum absolute atomic E-state index is 12.9. The summed E-state index contributed by atoms with van der Waals surface area (Å²) in [7, 11) is 0. The molecule has 1 aromatic carbocycles. The van der Waals surface area contributed by atoms with Crippen LogP contribution in [0.2, 0.25) is 0 Å². The van der Waals surface area contributed by atoms with Gasteiger partial charge in [0.15, 0.2) is 0 Å². The van der Waals surface area contributed by atoms with Gasteiger partial charge in [0.05, 0.1) is 11.8 Å². The van der Waals surface area contributed by atoms with Crippen molar-refractivity contribution < 1.29 is 18.4 Å². The zero-order chi connectivity index (χ0) is 18.4. The Morgan fingerprint density at radius 3 is 2.46 bits per heavy atom. The molecule has 1 heterocycles. The fraction of sp³-hybridized carbons (Fsp3) is 0.400. The molecule has 0 atom stereocenters. The maximum atomic E-state index is 12.9. The number of hydrogen-bond donors (Lipinski definition) is 2. The number of amides is 2. The van der Waals surface area contributed by atoms with Crippen LogP contribution in [0.3, 0.4) is 0 Å². The van der Waals surface area contributed by atoms with Gasteiger partial charge in [-0.2, -0.15) is 0 Å². The van der Waals surface area contributed by atoms with E-state index in [9.17, 15) is 14.0 Å². The Balaban J connectivity index is 1.36. The molecule has 1 aliphatic rings. The molecule has 0 spiro atoms. The summed E-state index contributed by atoms with van der Waals surface area (Å²) in [5, 5.41) is 5.95. The lowest BCUT2D eigenvalue weighted by atomic mass is 9.85. The standard InChI is InChI=1S/C20H23FN2O3/c21-17-5-1-14(2-6-17)9-11-22-19(24)15-3-7-18(8-4-15)23-20(25)16-10-12-26-13-16/h1-2,5-6,10,12-13,15,18H,3-4,7-9,11H2,(H,22,24)(H,23,25). The molecule has 0 unspecified atom stereocenters. The van der Waals surface area contributed by atoms with Crippen molar-refractivity contribution >= 4 is 11.8 Å². The fourth-order valence-corrected chi connectivity index (χ4v) is 3.29. The van der Waals surface area contributed by atoms with Crippen LogP contribution in [0.5, 0.6) is 0 Å². The molecule has 0 aliphatic heterocycles. The van der Waals surface area contributed by atoms with Gasteiger partial charge in [0.25, 0.3) is 5.91 Å². The van der Waals surface area contributed by atoms with E-state index < -0.39 is 0 Å². The average molecular weight is 358 g/mol. The Morgan fingerprint density at radius 1 is 1.08 bits per heavy atom. The zero-order valence-electron chi connectivity index (χ0n) is 14.5. The molecule has 0 bridgehead atoms. The Labute approximate surface area is 152 Å². The number of carbonyl (C=O) groups is 2. The molecule has 0 radical (unpaired) electrons. The summed E-state index contributed by atoms with van der Waals surface area (Å²) in [6.07, 6.45) is 6.69. The smallest absolute Gasteiger partial charge is 0.254 e. The van der Waals surface area contributed by atoms with Crippen LogP contribution < -0.4 is 10.6 Å². The molecule has 1 aliphatic carbocycles. The van der Waals surface area contributed by atoms with Crippen LogP contribution in [0.4, 0.5) is 4.39 Å². The number of carbonyl (C=O) groups excluding carboxylic acids is 2. The van der Waals surface area contributed by atoms with Crippen molar-refractivity contribution in [1.29, 1.82) is 0 Å². The summed E-state index contributed by atoms with van der Waals surface area (Å²) >= 11 is 0. The highest BCUT2D eigenvalue weighted by atomic mass is 19.1. The Bertz CT molecular complexity index is 720. The third kappa shape index (κ3) is 4.94. The number of furan rings is 1. The van der Waals surface area contributed by atoms with Gasteiger partial charge in [-0.1, -0.05) is 12.1 Å². The number of benzene rings is 1. The molecular formula is C20H23FN2O3. The van der Waals surface area contributed by atoms with E-state index in [2.05, 4.69) is 10.6 Å². The number of halogens is 1. The first-order valence-electron chi connectivity index (χ1n) is 8.97. The molecule has 2 amide bonds. The second kappa shape index (κ2) is 8.65. The quantitative estimate of drug-likeness (QED) is 0.834. The van der Waals surface area contributed by atoms with E-state index in [-0.39, 0.29) is 29.6 Å². The summed E-state index contributed by atoms with van der Waals surface area (Å²) in [4.78, 5) is 24.3. The largest absolute Gasteiger partial charge is 0.472 e. The molecule has 26 heavy (non-hydrogen) atoms. The van der Waals surface area contributed by atoms with Gasteiger partial charge in [-0.3, -0.25) is 9.59 Å². The molecular weight excluding hydrogens is 335 g/mol. The molecule has 1 aromatic heterocycles. The summed E-state index contributed by atoms with van der Waals surface area (Å²) in [6.45, 7) is 0.543. The first-order chi connectivity index (χ1) is 12.6. The lowest BCUT2D eigenvalue weighted by molar-refractivity contribution is -0.126. The first kappa shape index (κ1) is 18.2. The van der Waals surface area contributed by atoms with Gasteiger partial charge in [-0.05, 0) is 55.9 Å². The number of nitrogens with one attached hydrogen (secondary N) is 2. The second-order valence-corrected chi connectivity index (χ2v) is 6.70. The van der Waals surface area contributed by atoms with Gasteiger partial charge >= 0.3 is 0 Å². The molecule has 2 N–H and O–H groups in total. The van der Waals surface area contributed by atoms with Gasteiger partial charge < -0.3 is 15.1 Å². The van der Waals surface area contributed by atoms with E-state index in [1.807, 2.05) is 0 Å². The van der Waals surface area contributed by atoms with Gasteiger partial charge in [0.1, 0.15) is 12.1 Å². The van der Waals surface area contributed by atoms with Gasteiger partial charge in [0, 0.05) is 18.5 Å². The molecule has 1 fully saturated rings. The van der Waals surface area contributed by atoms with Gasteiger partial charge in [0.2, 0.25) is 5.91 Å². The van der Waals surface area contributed by atoms with Crippen molar-refractivity contribution in [3.05, 3.63) is 59.8 Å². The van der Waals surface area contributed by atoms with Crippen LogP contribution in [0, 0.1) is 11.7 Å². The third-order valence-corrected chi connectivity index (χ3v) is 4.84. The van der Waals surface area contributed by atoms with Crippen LogP contribution in [0.1, 0.15) is 41.6 Å². The van der Waals surface area contributed by atoms with Crippen molar-refractivity contribution in [1.82, 2.24) is 10.6 Å². The molecule has 3 rings (SSSR count). The predicted octanol–water partition coefficient (Wildman–Crippen LogP) is 3.07. The normalized spacial score (nSPS) is 19.7. The van der Waals surface area contributed by atoms with Crippen LogP contribution in [-0.2, 0) is 11.2 Å².